The van der Waals surface area contributed by atoms with Gasteiger partial charge in [0.2, 0.25) is 0 Å². The zero-order chi connectivity index (χ0) is 20.8. The molecule has 0 amide bonds. The Morgan fingerprint density at radius 1 is 0.967 bits per heavy atom. The molecule has 2 aromatic rings. The van der Waals surface area contributed by atoms with E-state index in [-0.39, 0.29) is 0 Å². The van der Waals surface area contributed by atoms with E-state index in [4.69, 9.17) is 4.99 Å². The van der Waals surface area contributed by atoms with Gasteiger partial charge < -0.3 is 0 Å². The molecule has 0 saturated heterocycles. The van der Waals surface area contributed by atoms with Gasteiger partial charge in [0.1, 0.15) is 5.78 Å². The highest BCUT2D eigenvalue weighted by Gasteiger charge is 2.25. The summed E-state index contributed by atoms with van der Waals surface area (Å²) < 4.78 is 0. The minimum atomic E-state index is 0.300. The van der Waals surface area contributed by atoms with Gasteiger partial charge in [-0.25, -0.2) is 0 Å². The number of Topliss-reactive ketones (excluding diaryl/α,β-unsaturated/α-hetero) is 1. The van der Waals surface area contributed by atoms with Crippen molar-refractivity contribution in [1.29, 1.82) is 0 Å². The molecule has 4 rings (SSSR count). The molecule has 2 unspecified atom stereocenters. The van der Waals surface area contributed by atoms with Crippen LogP contribution in [0.5, 0.6) is 0 Å². The van der Waals surface area contributed by atoms with E-state index < -0.39 is 0 Å². The number of carbonyl (C=O) groups excluding carboxylic acids is 1. The van der Waals surface area contributed by atoms with Gasteiger partial charge in [-0.05, 0) is 66.8 Å². The lowest BCUT2D eigenvalue weighted by Gasteiger charge is -2.16. The van der Waals surface area contributed by atoms with Crippen LogP contribution in [0.4, 0.5) is 5.69 Å². The van der Waals surface area contributed by atoms with Crippen LogP contribution in [0.15, 0.2) is 53.5 Å². The molecule has 1 fully saturated rings. The molecular weight excluding hydrogens is 366 g/mol. The summed E-state index contributed by atoms with van der Waals surface area (Å²) in [6, 6.07) is 17.5. The van der Waals surface area contributed by atoms with E-state index in [9.17, 15) is 4.79 Å². The number of fused-ring (bicyclic) bond motifs is 1. The lowest BCUT2D eigenvalue weighted by molar-refractivity contribution is -0.123. The maximum absolute atomic E-state index is 12.7. The molecular formula is C28H35NO. The molecule has 30 heavy (non-hydrogen) atoms. The Labute approximate surface area is 181 Å². The zero-order valence-corrected chi connectivity index (χ0v) is 18.4. The average molecular weight is 402 g/mol. The van der Waals surface area contributed by atoms with Crippen LogP contribution in [-0.2, 0) is 11.2 Å². The first kappa shape index (κ1) is 21.0. The van der Waals surface area contributed by atoms with Crippen LogP contribution in [0.3, 0.4) is 0 Å². The third-order valence-corrected chi connectivity index (χ3v) is 7.00. The molecule has 1 heterocycles. The van der Waals surface area contributed by atoms with Gasteiger partial charge in [0.05, 0.1) is 11.4 Å². The molecule has 0 radical (unpaired) electrons. The Kier molecular flexibility index (Phi) is 7.15. The molecule has 158 valence electrons. The third kappa shape index (κ3) is 5.09. The minimum absolute atomic E-state index is 0.300. The summed E-state index contributed by atoms with van der Waals surface area (Å²) in [5.74, 6) is 1.40. The van der Waals surface area contributed by atoms with E-state index in [1.165, 1.54) is 54.5 Å². The summed E-state index contributed by atoms with van der Waals surface area (Å²) in [6.45, 7) is 2.22. The fraction of sp³-hybridized carbons (Fsp3) is 0.500. The highest BCUT2D eigenvalue weighted by Crippen LogP contribution is 2.36. The number of aliphatic imine (C=N–C) groups is 1. The molecule has 2 atom stereocenters. The van der Waals surface area contributed by atoms with Crippen LogP contribution in [-0.4, -0.2) is 11.5 Å². The Hall–Kier alpha value is -2.22. The van der Waals surface area contributed by atoms with Crippen molar-refractivity contribution in [3.63, 3.8) is 0 Å². The molecule has 1 aliphatic carbocycles. The quantitative estimate of drug-likeness (QED) is 0.331. The van der Waals surface area contributed by atoms with Gasteiger partial charge in [0, 0.05) is 18.8 Å². The predicted molar refractivity (Wildman–Crippen MR) is 126 cm³/mol. The maximum Gasteiger partial charge on any atom is 0.135 e. The van der Waals surface area contributed by atoms with Gasteiger partial charge in [-0.15, -0.1) is 0 Å². The van der Waals surface area contributed by atoms with Crippen LogP contribution in [0, 0.1) is 5.92 Å². The SMILES string of the molecule is CCCCCCC(=O)C1CCCC(c2cccc(C3=Nc4ccccc4C3)c2)CC1. The van der Waals surface area contributed by atoms with E-state index in [0.29, 0.717) is 17.6 Å². The molecule has 0 bridgehead atoms. The summed E-state index contributed by atoms with van der Waals surface area (Å²) in [5, 5.41) is 0. The minimum Gasteiger partial charge on any atom is -0.299 e. The number of carbonyl (C=O) groups is 1. The van der Waals surface area contributed by atoms with Crippen molar-refractivity contribution in [3.8, 4) is 0 Å². The molecule has 0 aromatic heterocycles. The Morgan fingerprint density at radius 2 is 1.87 bits per heavy atom. The fourth-order valence-electron chi connectivity index (χ4n) is 5.16. The summed E-state index contributed by atoms with van der Waals surface area (Å²) in [4.78, 5) is 17.6. The lowest BCUT2D eigenvalue weighted by Crippen LogP contribution is -2.13. The van der Waals surface area contributed by atoms with Gasteiger partial charge >= 0.3 is 0 Å². The van der Waals surface area contributed by atoms with Crippen LogP contribution >= 0.6 is 0 Å². The van der Waals surface area contributed by atoms with Gasteiger partial charge in [-0.1, -0.05) is 69.0 Å². The van der Waals surface area contributed by atoms with Crippen molar-refractivity contribution in [3.05, 3.63) is 65.2 Å². The van der Waals surface area contributed by atoms with Crippen molar-refractivity contribution in [2.45, 2.75) is 83.5 Å². The second kappa shape index (κ2) is 10.2. The summed E-state index contributed by atoms with van der Waals surface area (Å²) in [5.41, 5.74) is 6.32. The predicted octanol–water partition coefficient (Wildman–Crippen LogP) is 7.57. The van der Waals surface area contributed by atoms with E-state index >= 15 is 0 Å². The second-order valence-electron chi connectivity index (χ2n) is 9.17. The van der Waals surface area contributed by atoms with Gasteiger partial charge in [-0.2, -0.15) is 0 Å². The monoisotopic (exact) mass is 401 g/mol. The van der Waals surface area contributed by atoms with Gasteiger partial charge in [0.15, 0.2) is 0 Å². The Bertz CT molecular complexity index is 897. The smallest absolute Gasteiger partial charge is 0.135 e. The normalized spacial score (nSPS) is 21.0. The molecule has 2 nitrogen and oxygen atoms in total. The third-order valence-electron chi connectivity index (χ3n) is 7.00. The number of rotatable bonds is 8. The van der Waals surface area contributed by atoms with Crippen molar-refractivity contribution in [1.82, 2.24) is 0 Å². The highest BCUT2D eigenvalue weighted by atomic mass is 16.1. The van der Waals surface area contributed by atoms with Crippen molar-refractivity contribution in [2.75, 3.05) is 0 Å². The molecule has 1 saturated carbocycles. The van der Waals surface area contributed by atoms with E-state index in [2.05, 4.69) is 55.5 Å². The van der Waals surface area contributed by atoms with Crippen LogP contribution in [0.1, 0.15) is 93.7 Å². The summed E-state index contributed by atoms with van der Waals surface area (Å²) in [6.07, 6.45) is 12.2. The van der Waals surface area contributed by atoms with Gasteiger partial charge in [0.25, 0.3) is 0 Å². The van der Waals surface area contributed by atoms with E-state index in [1.54, 1.807) is 0 Å². The number of nitrogens with zero attached hydrogens (tertiary/aromatic N) is 1. The van der Waals surface area contributed by atoms with Crippen LogP contribution in [0.2, 0.25) is 0 Å². The second-order valence-corrected chi connectivity index (χ2v) is 9.17. The summed E-state index contributed by atoms with van der Waals surface area (Å²) in [7, 11) is 0. The number of hydrogen-bond acceptors (Lipinski definition) is 2. The van der Waals surface area contributed by atoms with Crippen molar-refractivity contribution < 1.29 is 4.79 Å². The number of ketones is 1. The average Bonchev–Trinajstić information content (AvgIpc) is 3.06. The van der Waals surface area contributed by atoms with Crippen molar-refractivity contribution >= 4 is 17.2 Å². The Balaban J connectivity index is 1.37. The number of para-hydroxylation sites is 1. The number of hydrogen-bond donors (Lipinski definition) is 0. The molecule has 0 N–H and O–H groups in total. The lowest BCUT2D eigenvalue weighted by atomic mass is 9.88. The molecule has 2 aromatic carbocycles. The largest absolute Gasteiger partial charge is 0.299 e. The Morgan fingerprint density at radius 3 is 2.73 bits per heavy atom. The first-order valence-corrected chi connectivity index (χ1v) is 12.0. The highest BCUT2D eigenvalue weighted by molar-refractivity contribution is 6.06. The molecule has 1 aliphatic heterocycles. The van der Waals surface area contributed by atoms with Gasteiger partial charge in [-0.3, -0.25) is 9.79 Å². The van der Waals surface area contributed by atoms with E-state index in [1.807, 2.05) is 0 Å². The zero-order valence-electron chi connectivity index (χ0n) is 18.4. The molecule has 2 aliphatic rings. The first-order chi connectivity index (χ1) is 14.7. The van der Waals surface area contributed by atoms with E-state index in [0.717, 1.165) is 44.2 Å². The fourth-order valence-corrected chi connectivity index (χ4v) is 5.16. The topological polar surface area (TPSA) is 29.4 Å². The summed E-state index contributed by atoms with van der Waals surface area (Å²) >= 11 is 0. The van der Waals surface area contributed by atoms with Crippen molar-refractivity contribution in [2.24, 2.45) is 10.9 Å². The molecule has 2 heteroatoms. The number of unbranched alkanes of at least 4 members (excludes halogenated alkanes) is 3. The maximum atomic E-state index is 12.7. The number of benzene rings is 2. The standard InChI is InChI=1S/C28H35NO/c1-2-3-4-5-16-28(30)22-12-8-11-21(17-18-22)23-13-9-14-24(19-23)27-20-25-10-6-7-15-26(25)29-27/h6-7,9-10,13-15,19,21-22H,2-5,8,11-12,16-18,20H2,1H3. The van der Waals surface area contributed by atoms with Crippen LogP contribution < -0.4 is 0 Å². The van der Waals surface area contributed by atoms with Crippen LogP contribution in [0.25, 0.3) is 0 Å². The molecule has 0 spiro atoms. The first-order valence-electron chi connectivity index (χ1n) is 12.0.